The summed E-state index contributed by atoms with van der Waals surface area (Å²) >= 11 is 1.63. The minimum Gasteiger partial charge on any atom is -0.388 e. The molecule has 0 aliphatic heterocycles. The molecule has 0 amide bonds. The SMILES string of the molecule is Cc1nc(CC(C)(C)C)sc1C(C)O. The van der Waals surface area contributed by atoms with Crippen molar-refractivity contribution in [3.63, 3.8) is 0 Å². The van der Waals surface area contributed by atoms with Crippen LogP contribution in [0.2, 0.25) is 0 Å². The average molecular weight is 213 g/mol. The van der Waals surface area contributed by atoms with E-state index in [-0.39, 0.29) is 11.5 Å². The molecule has 0 saturated carbocycles. The Hall–Kier alpha value is -0.410. The van der Waals surface area contributed by atoms with Gasteiger partial charge in [0.05, 0.1) is 21.7 Å². The van der Waals surface area contributed by atoms with E-state index in [0.717, 1.165) is 22.0 Å². The Morgan fingerprint density at radius 3 is 2.36 bits per heavy atom. The van der Waals surface area contributed by atoms with Crippen molar-refractivity contribution >= 4 is 11.3 Å². The molecule has 14 heavy (non-hydrogen) atoms. The zero-order valence-corrected chi connectivity index (χ0v) is 10.4. The van der Waals surface area contributed by atoms with Crippen LogP contribution >= 0.6 is 11.3 Å². The predicted octanol–water partition coefficient (Wildman–Crippen LogP) is 3.09. The van der Waals surface area contributed by atoms with Gasteiger partial charge < -0.3 is 5.11 Å². The molecule has 1 aromatic rings. The van der Waals surface area contributed by atoms with Crippen molar-refractivity contribution < 1.29 is 5.11 Å². The first-order valence-electron chi connectivity index (χ1n) is 4.94. The number of aryl methyl sites for hydroxylation is 1. The quantitative estimate of drug-likeness (QED) is 0.819. The fourth-order valence-electron chi connectivity index (χ4n) is 1.38. The van der Waals surface area contributed by atoms with Crippen molar-refractivity contribution in [2.75, 3.05) is 0 Å². The second-order valence-electron chi connectivity index (χ2n) is 4.97. The highest BCUT2D eigenvalue weighted by molar-refractivity contribution is 7.11. The Bertz CT molecular complexity index is 310. The zero-order chi connectivity index (χ0) is 10.9. The third-order valence-corrected chi connectivity index (χ3v) is 3.27. The summed E-state index contributed by atoms with van der Waals surface area (Å²) in [6, 6.07) is 0. The molecule has 2 nitrogen and oxygen atoms in total. The number of hydrogen-bond acceptors (Lipinski definition) is 3. The molecule has 3 heteroatoms. The number of aromatic nitrogens is 1. The van der Waals surface area contributed by atoms with Crippen LogP contribution in [-0.2, 0) is 6.42 Å². The first-order chi connectivity index (χ1) is 6.29. The number of aliphatic hydroxyl groups excluding tert-OH is 1. The van der Waals surface area contributed by atoms with Gasteiger partial charge in [-0.15, -0.1) is 11.3 Å². The maximum atomic E-state index is 9.49. The van der Waals surface area contributed by atoms with Gasteiger partial charge in [0.15, 0.2) is 0 Å². The summed E-state index contributed by atoms with van der Waals surface area (Å²) in [6.45, 7) is 10.4. The third-order valence-electron chi connectivity index (χ3n) is 1.94. The lowest BCUT2D eigenvalue weighted by Crippen LogP contribution is -2.08. The van der Waals surface area contributed by atoms with Crippen molar-refractivity contribution in [2.45, 2.75) is 47.1 Å². The molecule has 0 bridgehead atoms. The van der Waals surface area contributed by atoms with Gasteiger partial charge in [-0.3, -0.25) is 0 Å². The molecule has 0 fully saturated rings. The van der Waals surface area contributed by atoms with Crippen LogP contribution in [0.3, 0.4) is 0 Å². The minimum absolute atomic E-state index is 0.264. The Kier molecular flexibility index (Phi) is 3.32. The van der Waals surface area contributed by atoms with E-state index in [1.54, 1.807) is 18.3 Å². The molecule has 1 unspecified atom stereocenters. The molecule has 1 atom stereocenters. The first-order valence-corrected chi connectivity index (χ1v) is 5.75. The van der Waals surface area contributed by atoms with E-state index >= 15 is 0 Å². The van der Waals surface area contributed by atoms with E-state index in [9.17, 15) is 5.11 Å². The predicted molar refractivity (Wildman–Crippen MR) is 60.6 cm³/mol. The molecule has 0 aliphatic carbocycles. The average Bonchev–Trinajstić information content (AvgIpc) is 2.26. The smallest absolute Gasteiger partial charge is 0.0937 e. The van der Waals surface area contributed by atoms with Crippen LogP contribution in [0.5, 0.6) is 0 Å². The molecule has 0 radical (unpaired) electrons. The Morgan fingerprint density at radius 2 is 2.00 bits per heavy atom. The molecule has 1 aromatic heterocycles. The number of nitrogens with zero attached hydrogens (tertiary/aromatic N) is 1. The van der Waals surface area contributed by atoms with Crippen molar-refractivity contribution in [3.8, 4) is 0 Å². The Balaban J connectivity index is 2.86. The number of aliphatic hydroxyl groups is 1. The standard InChI is InChI=1S/C11H19NOS/c1-7-10(8(2)13)14-9(12-7)6-11(3,4)5/h8,13H,6H2,1-5H3. The van der Waals surface area contributed by atoms with E-state index < -0.39 is 0 Å². The largest absolute Gasteiger partial charge is 0.388 e. The molecule has 1 N–H and O–H groups in total. The lowest BCUT2D eigenvalue weighted by molar-refractivity contribution is 0.202. The fraction of sp³-hybridized carbons (Fsp3) is 0.727. The molecule has 1 rings (SSSR count). The summed E-state index contributed by atoms with van der Waals surface area (Å²) in [5, 5.41) is 10.6. The maximum absolute atomic E-state index is 9.49. The lowest BCUT2D eigenvalue weighted by Gasteiger charge is -2.15. The highest BCUT2D eigenvalue weighted by Crippen LogP contribution is 2.29. The summed E-state index contributed by atoms with van der Waals surface area (Å²) in [4.78, 5) is 5.48. The Morgan fingerprint density at radius 1 is 1.43 bits per heavy atom. The van der Waals surface area contributed by atoms with Gasteiger partial charge in [0.2, 0.25) is 0 Å². The van der Waals surface area contributed by atoms with Crippen LogP contribution in [0, 0.1) is 12.3 Å². The summed E-state index contributed by atoms with van der Waals surface area (Å²) in [5.74, 6) is 0. The van der Waals surface area contributed by atoms with Crippen LogP contribution < -0.4 is 0 Å². The highest BCUT2D eigenvalue weighted by atomic mass is 32.1. The van der Waals surface area contributed by atoms with Crippen molar-refractivity contribution in [2.24, 2.45) is 5.41 Å². The molecule has 0 aliphatic rings. The van der Waals surface area contributed by atoms with Crippen LogP contribution in [0.15, 0.2) is 0 Å². The molecule has 1 heterocycles. The maximum Gasteiger partial charge on any atom is 0.0937 e. The van der Waals surface area contributed by atoms with Crippen LogP contribution in [0.25, 0.3) is 0 Å². The minimum atomic E-state index is -0.388. The monoisotopic (exact) mass is 213 g/mol. The summed E-state index contributed by atoms with van der Waals surface area (Å²) in [5.41, 5.74) is 1.24. The summed E-state index contributed by atoms with van der Waals surface area (Å²) in [6.07, 6.45) is 0.590. The van der Waals surface area contributed by atoms with Gasteiger partial charge in [0.1, 0.15) is 0 Å². The van der Waals surface area contributed by atoms with Crippen LogP contribution in [-0.4, -0.2) is 10.1 Å². The third kappa shape index (κ3) is 3.07. The van der Waals surface area contributed by atoms with E-state index in [1.165, 1.54) is 0 Å². The first kappa shape index (κ1) is 11.7. The molecule has 0 saturated heterocycles. The summed E-state index contributed by atoms with van der Waals surface area (Å²) < 4.78 is 0. The topological polar surface area (TPSA) is 33.1 Å². The molecular weight excluding hydrogens is 194 g/mol. The second-order valence-corrected chi connectivity index (χ2v) is 6.09. The number of rotatable bonds is 2. The number of hydrogen-bond donors (Lipinski definition) is 1. The van der Waals surface area contributed by atoms with Crippen LogP contribution in [0.1, 0.15) is 49.4 Å². The van der Waals surface area contributed by atoms with E-state index in [4.69, 9.17) is 0 Å². The fourth-order valence-corrected chi connectivity index (χ4v) is 2.69. The van der Waals surface area contributed by atoms with Crippen molar-refractivity contribution in [1.82, 2.24) is 4.98 Å². The van der Waals surface area contributed by atoms with Gasteiger partial charge in [0.25, 0.3) is 0 Å². The summed E-state index contributed by atoms with van der Waals surface area (Å²) in [7, 11) is 0. The highest BCUT2D eigenvalue weighted by Gasteiger charge is 2.17. The second kappa shape index (κ2) is 3.99. The van der Waals surface area contributed by atoms with Gasteiger partial charge in [0, 0.05) is 6.42 Å². The normalized spacial score (nSPS) is 14.4. The Labute approximate surface area is 90.0 Å². The van der Waals surface area contributed by atoms with Gasteiger partial charge >= 0.3 is 0 Å². The van der Waals surface area contributed by atoms with Gasteiger partial charge in [-0.25, -0.2) is 4.98 Å². The zero-order valence-electron chi connectivity index (χ0n) is 9.59. The molecule has 0 spiro atoms. The molecule has 0 aromatic carbocycles. The lowest BCUT2D eigenvalue weighted by atomic mass is 9.93. The van der Waals surface area contributed by atoms with E-state index in [0.29, 0.717) is 0 Å². The van der Waals surface area contributed by atoms with Gasteiger partial charge in [-0.05, 0) is 19.3 Å². The molecule has 80 valence electrons. The van der Waals surface area contributed by atoms with Gasteiger partial charge in [-0.2, -0.15) is 0 Å². The number of thiazole rings is 1. The van der Waals surface area contributed by atoms with E-state index in [2.05, 4.69) is 25.8 Å². The van der Waals surface area contributed by atoms with Crippen molar-refractivity contribution in [1.29, 1.82) is 0 Å². The van der Waals surface area contributed by atoms with E-state index in [1.807, 2.05) is 6.92 Å². The van der Waals surface area contributed by atoms with Crippen molar-refractivity contribution in [3.05, 3.63) is 15.6 Å². The molecular formula is C11H19NOS. The van der Waals surface area contributed by atoms with Gasteiger partial charge in [-0.1, -0.05) is 20.8 Å². The van der Waals surface area contributed by atoms with Crippen LogP contribution in [0.4, 0.5) is 0 Å².